The number of amides is 3. The monoisotopic (exact) mass is 405 g/mol. The van der Waals surface area contributed by atoms with Crippen LogP contribution < -0.4 is 20.3 Å². The van der Waals surface area contributed by atoms with Gasteiger partial charge in [0.25, 0.3) is 5.91 Å². The Morgan fingerprint density at radius 3 is 2.60 bits per heavy atom. The van der Waals surface area contributed by atoms with Crippen LogP contribution in [-0.2, 0) is 14.4 Å². The third-order valence-electron chi connectivity index (χ3n) is 4.48. The van der Waals surface area contributed by atoms with Crippen molar-refractivity contribution in [1.82, 2.24) is 15.1 Å². The number of para-hydroxylation sites is 2. The van der Waals surface area contributed by atoms with Gasteiger partial charge in [-0.25, -0.2) is 4.68 Å². The van der Waals surface area contributed by atoms with Crippen molar-refractivity contribution in [2.75, 3.05) is 29.9 Å². The Labute approximate surface area is 172 Å². The Morgan fingerprint density at radius 1 is 1.03 bits per heavy atom. The van der Waals surface area contributed by atoms with E-state index in [1.807, 2.05) is 24.4 Å². The van der Waals surface area contributed by atoms with E-state index in [2.05, 4.69) is 15.7 Å². The molecule has 1 aliphatic heterocycles. The van der Waals surface area contributed by atoms with Crippen LogP contribution in [-0.4, -0.2) is 47.2 Å². The molecular formula is C21H19N5O4. The van der Waals surface area contributed by atoms with Crippen LogP contribution in [0.4, 0.5) is 11.4 Å². The van der Waals surface area contributed by atoms with Gasteiger partial charge in [-0.2, -0.15) is 5.10 Å². The van der Waals surface area contributed by atoms with Gasteiger partial charge in [-0.1, -0.05) is 12.1 Å². The standard InChI is InChI=1S/C21H19N5O4/c27-19(24-15-6-8-16(9-7-15)26-11-3-10-23-26)12-22-20(28)13-25-17-4-1-2-5-18(17)30-14-21(25)29/h1-11H,12-14H2,(H,22,28)(H,24,27). The highest BCUT2D eigenvalue weighted by atomic mass is 16.5. The van der Waals surface area contributed by atoms with E-state index in [0.717, 1.165) is 5.69 Å². The zero-order valence-electron chi connectivity index (χ0n) is 15.9. The molecule has 30 heavy (non-hydrogen) atoms. The summed E-state index contributed by atoms with van der Waals surface area (Å²) in [4.78, 5) is 37.9. The van der Waals surface area contributed by atoms with Crippen LogP contribution in [0.2, 0.25) is 0 Å². The number of nitrogens with one attached hydrogen (secondary N) is 2. The van der Waals surface area contributed by atoms with E-state index < -0.39 is 5.91 Å². The molecule has 3 aromatic rings. The second-order valence-electron chi connectivity index (χ2n) is 6.56. The third kappa shape index (κ3) is 4.30. The zero-order chi connectivity index (χ0) is 20.9. The molecule has 2 N–H and O–H groups in total. The van der Waals surface area contributed by atoms with Crippen molar-refractivity contribution < 1.29 is 19.1 Å². The minimum Gasteiger partial charge on any atom is -0.482 e. The lowest BCUT2D eigenvalue weighted by Gasteiger charge is -2.28. The van der Waals surface area contributed by atoms with Gasteiger partial charge in [-0.05, 0) is 42.5 Å². The smallest absolute Gasteiger partial charge is 0.265 e. The van der Waals surface area contributed by atoms with E-state index in [0.29, 0.717) is 17.1 Å². The SMILES string of the molecule is O=C(CN1C(=O)COc2ccccc21)NCC(=O)Nc1ccc(-n2cccn2)cc1. The van der Waals surface area contributed by atoms with E-state index in [4.69, 9.17) is 4.74 Å². The van der Waals surface area contributed by atoms with E-state index in [1.165, 1.54) is 4.90 Å². The average molecular weight is 405 g/mol. The number of carbonyl (C=O) groups excluding carboxylic acids is 3. The molecule has 3 amide bonds. The second-order valence-corrected chi connectivity index (χ2v) is 6.56. The molecule has 9 nitrogen and oxygen atoms in total. The molecule has 4 rings (SSSR count). The number of aromatic nitrogens is 2. The first-order valence-electron chi connectivity index (χ1n) is 9.29. The molecule has 0 unspecified atom stereocenters. The van der Waals surface area contributed by atoms with Crippen LogP contribution >= 0.6 is 0 Å². The highest BCUT2D eigenvalue weighted by molar-refractivity contribution is 6.03. The number of anilines is 2. The highest BCUT2D eigenvalue weighted by Gasteiger charge is 2.26. The zero-order valence-corrected chi connectivity index (χ0v) is 15.9. The summed E-state index contributed by atoms with van der Waals surface area (Å²) in [5, 5.41) is 9.39. The maximum atomic E-state index is 12.3. The van der Waals surface area contributed by atoms with Gasteiger partial charge in [0.1, 0.15) is 12.3 Å². The summed E-state index contributed by atoms with van der Waals surface area (Å²) in [5.41, 5.74) is 2.00. The quantitative estimate of drug-likeness (QED) is 0.644. The molecule has 2 aromatic carbocycles. The number of rotatable bonds is 6. The highest BCUT2D eigenvalue weighted by Crippen LogP contribution is 2.31. The minimum absolute atomic E-state index is 0.126. The molecule has 0 saturated carbocycles. The first-order valence-corrected chi connectivity index (χ1v) is 9.29. The lowest BCUT2D eigenvalue weighted by molar-refractivity contribution is -0.126. The number of fused-ring (bicyclic) bond motifs is 1. The fraction of sp³-hybridized carbons (Fsp3) is 0.143. The Morgan fingerprint density at radius 2 is 1.83 bits per heavy atom. The van der Waals surface area contributed by atoms with Crippen LogP contribution in [0.5, 0.6) is 5.75 Å². The van der Waals surface area contributed by atoms with E-state index >= 15 is 0 Å². The summed E-state index contributed by atoms with van der Waals surface area (Å²) in [6.07, 6.45) is 3.50. The molecule has 0 radical (unpaired) electrons. The predicted octanol–water partition coefficient (Wildman–Crippen LogP) is 1.35. The number of hydrogen-bond acceptors (Lipinski definition) is 5. The van der Waals surface area contributed by atoms with Crippen LogP contribution in [0.25, 0.3) is 5.69 Å². The summed E-state index contributed by atoms with van der Waals surface area (Å²) >= 11 is 0. The molecule has 0 atom stereocenters. The number of hydrogen-bond donors (Lipinski definition) is 2. The molecule has 1 aromatic heterocycles. The number of ether oxygens (including phenoxy) is 1. The minimum atomic E-state index is -0.441. The Kier molecular flexibility index (Phi) is 5.42. The first kappa shape index (κ1) is 19.2. The fourth-order valence-electron chi connectivity index (χ4n) is 3.03. The maximum absolute atomic E-state index is 12.3. The molecule has 9 heteroatoms. The Hall–Kier alpha value is -4.14. The van der Waals surface area contributed by atoms with Crippen LogP contribution in [0.3, 0.4) is 0 Å². The molecule has 152 valence electrons. The van der Waals surface area contributed by atoms with Gasteiger partial charge in [-0.15, -0.1) is 0 Å². The van der Waals surface area contributed by atoms with Crippen molar-refractivity contribution in [3.05, 3.63) is 67.0 Å². The lowest BCUT2D eigenvalue weighted by Crippen LogP contribution is -2.46. The molecule has 0 spiro atoms. The summed E-state index contributed by atoms with van der Waals surface area (Å²) in [5.74, 6) is -0.583. The van der Waals surface area contributed by atoms with Gasteiger partial charge in [0.05, 0.1) is 17.9 Å². The number of carbonyl (C=O) groups is 3. The average Bonchev–Trinajstić information content (AvgIpc) is 3.30. The van der Waals surface area contributed by atoms with Crippen LogP contribution in [0, 0.1) is 0 Å². The Balaban J connectivity index is 1.29. The third-order valence-corrected chi connectivity index (χ3v) is 4.48. The molecule has 0 bridgehead atoms. The van der Waals surface area contributed by atoms with Crippen molar-refractivity contribution in [3.63, 3.8) is 0 Å². The second kappa shape index (κ2) is 8.48. The van der Waals surface area contributed by atoms with Gasteiger partial charge >= 0.3 is 0 Å². The van der Waals surface area contributed by atoms with Gasteiger partial charge in [0, 0.05) is 18.1 Å². The van der Waals surface area contributed by atoms with Gasteiger partial charge < -0.3 is 15.4 Å². The van der Waals surface area contributed by atoms with Crippen LogP contribution in [0.1, 0.15) is 0 Å². The normalized spacial score (nSPS) is 12.7. The first-order chi connectivity index (χ1) is 14.6. The molecule has 0 aliphatic carbocycles. The molecular weight excluding hydrogens is 386 g/mol. The summed E-state index contributed by atoms with van der Waals surface area (Å²) in [6, 6.07) is 16.0. The molecule has 2 heterocycles. The van der Waals surface area contributed by atoms with Gasteiger partial charge in [0.15, 0.2) is 6.61 Å². The van der Waals surface area contributed by atoms with Crippen LogP contribution in [0.15, 0.2) is 67.0 Å². The van der Waals surface area contributed by atoms with Gasteiger partial charge in [-0.3, -0.25) is 19.3 Å². The molecule has 0 fully saturated rings. The van der Waals surface area contributed by atoms with E-state index in [1.54, 1.807) is 47.3 Å². The summed E-state index contributed by atoms with van der Waals surface area (Å²) in [7, 11) is 0. The largest absolute Gasteiger partial charge is 0.482 e. The topological polar surface area (TPSA) is 106 Å². The Bertz CT molecular complexity index is 1060. The lowest BCUT2D eigenvalue weighted by atomic mass is 10.2. The summed E-state index contributed by atoms with van der Waals surface area (Å²) < 4.78 is 7.06. The van der Waals surface area contributed by atoms with E-state index in [9.17, 15) is 14.4 Å². The van der Waals surface area contributed by atoms with Crippen molar-refractivity contribution in [3.8, 4) is 11.4 Å². The van der Waals surface area contributed by atoms with Crippen molar-refractivity contribution >= 4 is 29.1 Å². The fourth-order valence-corrected chi connectivity index (χ4v) is 3.03. The molecule has 0 saturated heterocycles. The summed E-state index contributed by atoms with van der Waals surface area (Å²) in [6.45, 7) is -0.524. The maximum Gasteiger partial charge on any atom is 0.265 e. The van der Waals surface area contributed by atoms with Gasteiger partial charge in [0.2, 0.25) is 11.8 Å². The van der Waals surface area contributed by atoms with Crippen molar-refractivity contribution in [2.24, 2.45) is 0 Å². The predicted molar refractivity (Wildman–Crippen MR) is 109 cm³/mol. The molecule has 1 aliphatic rings. The number of nitrogens with zero attached hydrogens (tertiary/aromatic N) is 3. The number of benzene rings is 2. The van der Waals surface area contributed by atoms with Crippen molar-refractivity contribution in [1.29, 1.82) is 0 Å². The van der Waals surface area contributed by atoms with E-state index in [-0.39, 0.29) is 31.5 Å². The van der Waals surface area contributed by atoms with Crippen molar-refractivity contribution in [2.45, 2.75) is 0 Å².